The number of hydrogen-bond acceptors (Lipinski definition) is 2. The molecule has 3 rings (SSSR count). The van der Waals surface area contributed by atoms with Crippen molar-refractivity contribution in [1.82, 2.24) is 4.57 Å². The smallest absolute Gasteiger partial charge is 0.335 e. The number of carbonyl (C=O) groups is 1. The predicted octanol–water partition coefficient (Wildman–Crippen LogP) is 3.34. The summed E-state index contributed by atoms with van der Waals surface area (Å²) in [4.78, 5) is 10.8. The van der Waals surface area contributed by atoms with Crippen molar-refractivity contribution in [3.8, 4) is 11.8 Å². The fourth-order valence-corrected chi connectivity index (χ4v) is 2.30. The molecule has 1 N–H and O–H groups in total. The Balaban J connectivity index is 2.26. The molecule has 3 aromatic rings. The van der Waals surface area contributed by atoms with Crippen molar-refractivity contribution in [3.05, 3.63) is 65.6 Å². The summed E-state index contributed by atoms with van der Waals surface area (Å²) in [6.45, 7) is 0. The molecule has 5 heteroatoms. The van der Waals surface area contributed by atoms with Crippen molar-refractivity contribution >= 4 is 16.9 Å². The van der Waals surface area contributed by atoms with Gasteiger partial charge in [-0.05, 0) is 24.3 Å². The molecule has 0 radical (unpaired) electrons. The highest BCUT2D eigenvalue weighted by Gasteiger charge is 2.14. The van der Waals surface area contributed by atoms with E-state index in [1.165, 1.54) is 12.1 Å². The standard InChI is InChI=1S/C16H9FN2O2/c17-13-7-10(16(20)21)5-6-15(13)19-9-11(8-18)12-3-1-2-4-14(12)19/h1-7,9H,(H,20,21). The third-order valence-corrected chi connectivity index (χ3v) is 3.29. The van der Waals surface area contributed by atoms with Crippen LogP contribution < -0.4 is 0 Å². The lowest BCUT2D eigenvalue weighted by Crippen LogP contribution is -2.01. The van der Waals surface area contributed by atoms with E-state index in [0.717, 1.165) is 11.5 Å². The van der Waals surface area contributed by atoms with Gasteiger partial charge < -0.3 is 9.67 Å². The molecule has 1 heterocycles. The van der Waals surface area contributed by atoms with Gasteiger partial charge in [0.05, 0.1) is 22.3 Å². The van der Waals surface area contributed by atoms with Crippen LogP contribution in [0.1, 0.15) is 15.9 Å². The van der Waals surface area contributed by atoms with Crippen molar-refractivity contribution in [2.45, 2.75) is 0 Å². The average Bonchev–Trinajstić information content (AvgIpc) is 2.86. The van der Waals surface area contributed by atoms with Crippen LogP contribution >= 0.6 is 0 Å². The van der Waals surface area contributed by atoms with E-state index in [1.807, 2.05) is 0 Å². The first kappa shape index (κ1) is 12.9. The molecule has 0 unspecified atom stereocenters. The van der Waals surface area contributed by atoms with Crippen LogP contribution in [0.4, 0.5) is 4.39 Å². The minimum absolute atomic E-state index is 0.117. The van der Waals surface area contributed by atoms with Gasteiger partial charge in [0.15, 0.2) is 0 Å². The van der Waals surface area contributed by atoms with E-state index < -0.39 is 11.8 Å². The molecule has 2 aromatic carbocycles. The molecular weight excluding hydrogens is 271 g/mol. The Morgan fingerprint density at radius 3 is 2.67 bits per heavy atom. The van der Waals surface area contributed by atoms with Crippen LogP contribution in [-0.2, 0) is 0 Å². The van der Waals surface area contributed by atoms with Gasteiger partial charge in [-0.25, -0.2) is 9.18 Å². The molecule has 0 atom stereocenters. The highest BCUT2D eigenvalue weighted by atomic mass is 19.1. The van der Waals surface area contributed by atoms with Gasteiger partial charge in [-0.2, -0.15) is 5.26 Å². The van der Waals surface area contributed by atoms with Gasteiger partial charge in [0.1, 0.15) is 11.9 Å². The van der Waals surface area contributed by atoms with E-state index in [0.29, 0.717) is 11.1 Å². The van der Waals surface area contributed by atoms with Crippen molar-refractivity contribution < 1.29 is 14.3 Å². The molecule has 4 nitrogen and oxygen atoms in total. The molecule has 102 valence electrons. The summed E-state index contributed by atoms with van der Waals surface area (Å²) in [6, 6.07) is 12.9. The van der Waals surface area contributed by atoms with E-state index in [4.69, 9.17) is 10.4 Å². The van der Waals surface area contributed by atoms with Crippen molar-refractivity contribution in [1.29, 1.82) is 5.26 Å². The Labute approximate surface area is 119 Å². The number of carboxylic acid groups (broad SMARTS) is 1. The minimum Gasteiger partial charge on any atom is -0.478 e. The monoisotopic (exact) mass is 280 g/mol. The first-order valence-electron chi connectivity index (χ1n) is 6.15. The predicted molar refractivity (Wildman–Crippen MR) is 74.9 cm³/mol. The number of rotatable bonds is 2. The van der Waals surface area contributed by atoms with E-state index >= 15 is 0 Å². The normalized spacial score (nSPS) is 10.5. The zero-order valence-electron chi connectivity index (χ0n) is 10.7. The topological polar surface area (TPSA) is 66.0 Å². The number of para-hydroxylation sites is 1. The minimum atomic E-state index is -1.18. The zero-order chi connectivity index (χ0) is 15.0. The first-order chi connectivity index (χ1) is 10.1. The molecule has 1 aromatic heterocycles. The molecule has 0 aliphatic carbocycles. The number of fused-ring (bicyclic) bond motifs is 1. The van der Waals surface area contributed by atoms with Crippen molar-refractivity contribution in [3.63, 3.8) is 0 Å². The number of nitriles is 1. The van der Waals surface area contributed by atoms with Gasteiger partial charge in [-0.15, -0.1) is 0 Å². The van der Waals surface area contributed by atoms with Crippen LogP contribution in [0.25, 0.3) is 16.6 Å². The quantitative estimate of drug-likeness (QED) is 0.782. The third kappa shape index (κ3) is 2.03. The highest BCUT2D eigenvalue weighted by molar-refractivity contribution is 5.89. The van der Waals surface area contributed by atoms with E-state index in [-0.39, 0.29) is 11.3 Å². The number of carboxylic acids is 1. The van der Waals surface area contributed by atoms with Crippen LogP contribution in [0.5, 0.6) is 0 Å². The highest BCUT2D eigenvalue weighted by Crippen LogP contribution is 2.26. The van der Waals surface area contributed by atoms with E-state index in [2.05, 4.69) is 6.07 Å². The lowest BCUT2D eigenvalue weighted by atomic mass is 10.2. The van der Waals surface area contributed by atoms with Crippen LogP contribution in [0, 0.1) is 17.1 Å². The third-order valence-electron chi connectivity index (χ3n) is 3.29. The lowest BCUT2D eigenvalue weighted by molar-refractivity contribution is 0.0696. The van der Waals surface area contributed by atoms with Crippen LogP contribution in [0.15, 0.2) is 48.7 Å². The van der Waals surface area contributed by atoms with Crippen molar-refractivity contribution in [2.24, 2.45) is 0 Å². The summed E-state index contributed by atoms with van der Waals surface area (Å²) >= 11 is 0. The first-order valence-corrected chi connectivity index (χ1v) is 6.15. The summed E-state index contributed by atoms with van der Waals surface area (Å²) in [5.41, 5.74) is 1.22. The summed E-state index contributed by atoms with van der Waals surface area (Å²) in [6.07, 6.45) is 1.55. The van der Waals surface area contributed by atoms with Gasteiger partial charge in [0, 0.05) is 11.6 Å². The number of nitrogens with zero attached hydrogens (tertiary/aromatic N) is 2. The molecule has 0 saturated heterocycles. The summed E-state index contributed by atoms with van der Waals surface area (Å²) in [5.74, 6) is -1.84. The Morgan fingerprint density at radius 1 is 1.24 bits per heavy atom. The van der Waals surface area contributed by atoms with Gasteiger partial charge >= 0.3 is 5.97 Å². The van der Waals surface area contributed by atoms with Crippen LogP contribution in [0.3, 0.4) is 0 Å². The molecule has 0 saturated carbocycles. The van der Waals surface area contributed by atoms with E-state index in [1.54, 1.807) is 35.0 Å². The number of aromatic carboxylic acids is 1. The van der Waals surface area contributed by atoms with Gasteiger partial charge in [0.25, 0.3) is 0 Å². The number of hydrogen-bond donors (Lipinski definition) is 1. The SMILES string of the molecule is N#Cc1cn(-c2ccc(C(=O)O)cc2F)c2ccccc12. The summed E-state index contributed by atoms with van der Waals surface area (Å²) < 4.78 is 15.7. The Morgan fingerprint density at radius 2 is 2.00 bits per heavy atom. The van der Waals surface area contributed by atoms with Gasteiger partial charge in [-0.1, -0.05) is 18.2 Å². The maximum Gasteiger partial charge on any atom is 0.335 e. The second kappa shape index (κ2) is 4.76. The molecule has 0 spiro atoms. The molecule has 0 amide bonds. The molecule has 21 heavy (non-hydrogen) atoms. The van der Waals surface area contributed by atoms with Gasteiger partial charge in [-0.3, -0.25) is 0 Å². The van der Waals surface area contributed by atoms with Crippen LogP contribution in [-0.4, -0.2) is 15.6 Å². The van der Waals surface area contributed by atoms with Crippen LogP contribution in [0.2, 0.25) is 0 Å². The molecule has 0 bridgehead atoms. The fraction of sp³-hybridized carbons (Fsp3) is 0. The lowest BCUT2D eigenvalue weighted by Gasteiger charge is -2.07. The zero-order valence-corrected chi connectivity index (χ0v) is 10.7. The molecule has 0 aliphatic heterocycles. The summed E-state index contributed by atoms with van der Waals surface area (Å²) in [7, 11) is 0. The molecule has 0 aliphatic rings. The number of halogens is 1. The van der Waals surface area contributed by atoms with E-state index in [9.17, 15) is 9.18 Å². The fourth-order valence-electron chi connectivity index (χ4n) is 2.30. The second-order valence-electron chi connectivity index (χ2n) is 4.51. The maximum atomic E-state index is 14.2. The molecular formula is C16H9FN2O2. The average molecular weight is 280 g/mol. The van der Waals surface area contributed by atoms with Gasteiger partial charge in [0.2, 0.25) is 0 Å². The number of benzene rings is 2. The second-order valence-corrected chi connectivity index (χ2v) is 4.51. The Hall–Kier alpha value is -3.13. The summed E-state index contributed by atoms with van der Waals surface area (Å²) in [5, 5.41) is 18.7. The Kier molecular flexibility index (Phi) is 2.92. The van der Waals surface area contributed by atoms with Crippen molar-refractivity contribution in [2.75, 3.05) is 0 Å². The molecule has 0 fully saturated rings. The number of aromatic nitrogens is 1. The Bertz CT molecular complexity index is 906. The maximum absolute atomic E-state index is 14.2. The largest absolute Gasteiger partial charge is 0.478 e.